The predicted octanol–water partition coefficient (Wildman–Crippen LogP) is 3.10. The van der Waals surface area contributed by atoms with E-state index in [-0.39, 0.29) is 5.91 Å². The Labute approximate surface area is 173 Å². The number of anilines is 1. The summed E-state index contributed by atoms with van der Waals surface area (Å²) in [4.78, 5) is 12.6. The van der Waals surface area contributed by atoms with Gasteiger partial charge < -0.3 is 20.6 Å². The zero-order chi connectivity index (χ0) is 21.0. The third-order valence-electron chi connectivity index (χ3n) is 4.28. The first-order valence-electron chi connectivity index (χ1n) is 8.90. The molecule has 3 N–H and O–H groups in total. The quantitative estimate of drug-likeness (QED) is 0.453. The van der Waals surface area contributed by atoms with Gasteiger partial charge in [0.2, 0.25) is 11.1 Å². The lowest BCUT2D eigenvalue weighted by Crippen LogP contribution is -2.23. The molecule has 0 bridgehead atoms. The van der Waals surface area contributed by atoms with E-state index in [2.05, 4.69) is 15.5 Å². The van der Waals surface area contributed by atoms with E-state index in [4.69, 9.17) is 15.3 Å². The van der Waals surface area contributed by atoms with E-state index < -0.39 is 5.25 Å². The number of ether oxygens (including phenoxy) is 2. The first-order valence-corrected chi connectivity index (χ1v) is 9.78. The number of nitrogens with two attached hydrogens (primary N) is 1. The summed E-state index contributed by atoms with van der Waals surface area (Å²) < 4.78 is 11.9. The van der Waals surface area contributed by atoms with Gasteiger partial charge in [-0.2, -0.15) is 0 Å². The largest absolute Gasteiger partial charge is 0.493 e. The summed E-state index contributed by atoms with van der Waals surface area (Å²) in [5.74, 6) is 7.63. The molecule has 0 saturated carbocycles. The van der Waals surface area contributed by atoms with E-state index in [1.807, 2.05) is 31.2 Å². The van der Waals surface area contributed by atoms with Crippen LogP contribution in [0.4, 0.5) is 5.69 Å². The molecule has 1 atom stereocenters. The maximum atomic E-state index is 12.6. The number of carbonyl (C=O) groups is 1. The highest BCUT2D eigenvalue weighted by atomic mass is 32.2. The minimum atomic E-state index is -0.444. The molecular weight excluding hydrogens is 390 g/mol. The molecule has 1 aromatic heterocycles. The molecule has 3 rings (SSSR count). The summed E-state index contributed by atoms with van der Waals surface area (Å²) in [5.41, 5.74) is 2.61. The van der Waals surface area contributed by atoms with Crippen molar-refractivity contribution in [1.82, 2.24) is 14.9 Å². The van der Waals surface area contributed by atoms with E-state index in [9.17, 15) is 4.79 Å². The average molecular weight is 414 g/mol. The molecule has 0 radical (unpaired) electrons. The lowest BCUT2D eigenvalue weighted by molar-refractivity contribution is -0.115. The van der Waals surface area contributed by atoms with Crippen molar-refractivity contribution >= 4 is 23.4 Å². The first-order chi connectivity index (χ1) is 13.9. The molecule has 0 fully saturated rings. The van der Waals surface area contributed by atoms with Crippen molar-refractivity contribution in [3.05, 3.63) is 48.0 Å². The van der Waals surface area contributed by atoms with Crippen LogP contribution < -0.4 is 20.6 Å². The molecule has 0 aliphatic rings. The van der Waals surface area contributed by atoms with Crippen LogP contribution >= 0.6 is 11.8 Å². The second kappa shape index (κ2) is 8.87. The van der Waals surface area contributed by atoms with Gasteiger partial charge in [0.1, 0.15) is 0 Å². The van der Waals surface area contributed by atoms with Gasteiger partial charge in [0, 0.05) is 17.3 Å². The highest BCUT2D eigenvalue weighted by molar-refractivity contribution is 8.00. The van der Waals surface area contributed by atoms with Crippen LogP contribution in [0.5, 0.6) is 11.5 Å². The molecule has 0 saturated heterocycles. The van der Waals surface area contributed by atoms with Crippen molar-refractivity contribution in [1.29, 1.82) is 0 Å². The van der Waals surface area contributed by atoms with Gasteiger partial charge in [0.25, 0.3) is 0 Å². The van der Waals surface area contributed by atoms with Crippen molar-refractivity contribution < 1.29 is 14.3 Å². The standard InChI is InChI=1S/C20H23N5O3S/c1-12-5-7-14(8-6-12)18-23-24-20(25(18)21)29-13(2)19(26)22-15-9-10-16(27-3)17(11-15)28-4/h5-11,13H,21H2,1-4H3,(H,22,26)/t13-/m0/s1. The SMILES string of the molecule is COc1ccc(NC(=O)[C@H](C)Sc2nnc(-c3ccc(C)cc3)n2N)cc1OC. The second-order valence-electron chi connectivity index (χ2n) is 6.36. The molecule has 0 aliphatic heterocycles. The number of hydrogen-bond acceptors (Lipinski definition) is 7. The van der Waals surface area contributed by atoms with Crippen molar-refractivity contribution in [2.75, 3.05) is 25.4 Å². The molecule has 8 nitrogen and oxygen atoms in total. The number of hydrogen-bond donors (Lipinski definition) is 2. The van der Waals surface area contributed by atoms with Crippen LogP contribution in [0.2, 0.25) is 0 Å². The Bertz CT molecular complexity index is 1000. The molecule has 152 valence electrons. The number of benzene rings is 2. The van der Waals surface area contributed by atoms with Gasteiger partial charge in [-0.3, -0.25) is 4.79 Å². The van der Waals surface area contributed by atoms with E-state index in [1.165, 1.54) is 16.4 Å². The van der Waals surface area contributed by atoms with Gasteiger partial charge in [-0.05, 0) is 26.0 Å². The van der Waals surface area contributed by atoms with E-state index in [1.54, 1.807) is 39.3 Å². The maximum Gasteiger partial charge on any atom is 0.237 e. The number of rotatable bonds is 7. The van der Waals surface area contributed by atoms with Crippen molar-refractivity contribution in [3.63, 3.8) is 0 Å². The number of aromatic nitrogens is 3. The smallest absolute Gasteiger partial charge is 0.237 e. The van der Waals surface area contributed by atoms with Gasteiger partial charge in [-0.25, -0.2) is 4.68 Å². The Kier molecular flexibility index (Phi) is 6.28. The van der Waals surface area contributed by atoms with Crippen LogP contribution in [0.1, 0.15) is 12.5 Å². The Morgan fingerprint density at radius 2 is 1.79 bits per heavy atom. The number of amides is 1. The molecule has 2 aromatic carbocycles. The summed E-state index contributed by atoms with van der Waals surface area (Å²) in [6.45, 7) is 3.79. The van der Waals surface area contributed by atoms with Gasteiger partial charge in [0.05, 0.1) is 19.5 Å². The normalized spacial score (nSPS) is 11.7. The van der Waals surface area contributed by atoms with E-state index >= 15 is 0 Å². The van der Waals surface area contributed by atoms with Crippen LogP contribution in [-0.2, 0) is 4.79 Å². The number of nitrogens with one attached hydrogen (secondary N) is 1. The van der Waals surface area contributed by atoms with Crippen molar-refractivity contribution in [2.24, 2.45) is 0 Å². The number of thioether (sulfide) groups is 1. The van der Waals surface area contributed by atoms with E-state index in [0.29, 0.717) is 28.2 Å². The monoisotopic (exact) mass is 413 g/mol. The van der Waals surface area contributed by atoms with E-state index in [0.717, 1.165) is 11.1 Å². The fraction of sp³-hybridized carbons (Fsp3) is 0.250. The van der Waals surface area contributed by atoms with Gasteiger partial charge in [-0.1, -0.05) is 41.6 Å². The lowest BCUT2D eigenvalue weighted by atomic mass is 10.1. The molecular formula is C20H23N5O3S. The average Bonchev–Trinajstić information content (AvgIpc) is 3.08. The molecule has 0 unspecified atom stereocenters. The first kappa shape index (κ1) is 20.5. The number of nitrogens with zero attached hydrogens (tertiary/aromatic N) is 3. The van der Waals surface area contributed by atoms with Gasteiger partial charge in [0.15, 0.2) is 17.3 Å². The summed E-state index contributed by atoms with van der Waals surface area (Å²) in [6, 6.07) is 13.0. The summed E-state index contributed by atoms with van der Waals surface area (Å²) >= 11 is 1.23. The van der Waals surface area contributed by atoms with Crippen LogP contribution in [0.15, 0.2) is 47.6 Å². The molecule has 29 heavy (non-hydrogen) atoms. The third kappa shape index (κ3) is 4.62. The second-order valence-corrected chi connectivity index (χ2v) is 7.67. The Morgan fingerprint density at radius 3 is 2.45 bits per heavy atom. The van der Waals surface area contributed by atoms with Crippen molar-refractivity contribution in [3.8, 4) is 22.9 Å². The zero-order valence-electron chi connectivity index (χ0n) is 16.7. The van der Waals surface area contributed by atoms with Crippen molar-refractivity contribution in [2.45, 2.75) is 24.3 Å². The molecule has 1 heterocycles. The predicted molar refractivity (Wildman–Crippen MR) is 114 cm³/mol. The molecule has 0 spiro atoms. The van der Waals surface area contributed by atoms with Crippen LogP contribution in [0.25, 0.3) is 11.4 Å². The van der Waals surface area contributed by atoms with Crippen LogP contribution in [0, 0.1) is 6.92 Å². The topological polar surface area (TPSA) is 104 Å². The highest BCUT2D eigenvalue weighted by Gasteiger charge is 2.20. The number of aryl methyl sites for hydroxylation is 1. The zero-order valence-corrected chi connectivity index (χ0v) is 17.5. The fourth-order valence-electron chi connectivity index (χ4n) is 2.63. The van der Waals surface area contributed by atoms with Gasteiger partial charge >= 0.3 is 0 Å². The van der Waals surface area contributed by atoms with Crippen LogP contribution in [-0.4, -0.2) is 40.3 Å². The highest BCUT2D eigenvalue weighted by Crippen LogP contribution is 2.30. The minimum absolute atomic E-state index is 0.192. The number of nitrogen functional groups attached to an aromatic ring is 1. The summed E-state index contributed by atoms with van der Waals surface area (Å²) in [5, 5.41) is 11.2. The van der Waals surface area contributed by atoms with Crippen LogP contribution in [0.3, 0.4) is 0 Å². The third-order valence-corrected chi connectivity index (χ3v) is 5.33. The number of carbonyl (C=O) groups excluding carboxylic acids is 1. The Hall–Kier alpha value is -3.20. The Morgan fingerprint density at radius 1 is 1.10 bits per heavy atom. The molecule has 0 aliphatic carbocycles. The minimum Gasteiger partial charge on any atom is -0.493 e. The summed E-state index contributed by atoms with van der Waals surface area (Å²) in [6.07, 6.45) is 0. The number of methoxy groups -OCH3 is 2. The Balaban J connectivity index is 1.69. The lowest BCUT2D eigenvalue weighted by Gasteiger charge is -2.13. The summed E-state index contributed by atoms with van der Waals surface area (Å²) in [7, 11) is 3.10. The fourth-order valence-corrected chi connectivity index (χ4v) is 3.40. The maximum absolute atomic E-state index is 12.6. The molecule has 3 aromatic rings. The molecule has 9 heteroatoms. The molecule has 1 amide bonds. The van der Waals surface area contributed by atoms with Gasteiger partial charge in [-0.15, -0.1) is 10.2 Å².